The average molecular weight is 231 g/mol. The molecule has 0 aromatic heterocycles. The Morgan fingerprint density at radius 2 is 1.94 bits per heavy atom. The SMILES string of the molecule is CCC(CO)N(CC)CC(=O)OC(C)(C)C. The first-order valence-electron chi connectivity index (χ1n) is 5.90. The highest BCUT2D eigenvalue weighted by atomic mass is 16.6. The van der Waals surface area contributed by atoms with Crippen molar-refractivity contribution in [1.29, 1.82) is 0 Å². The zero-order valence-electron chi connectivity index (χ0n) is 11.1. The molecular formula is C12H25NO3. The Bertz CT molecular complexity index is 207. The molecule has 4 heteroatoms. The van der Waals surface area contributed by atoms with Crippen LogP contribution < -0.4 is 0 Å². The zero-order chi connectivity index (χ0) is 12.8. The van der Waals surface area contributed by atoms with Gasteiger partial charge in [0, 0.05) is 6.04 Å². The second-order valence-electron chi connectivity index (χ2n) is 4.89. The zero-order valence-corrected chi connectivity index (χ0v) is 11.1. The minimum Gasteiger partial charge on any atom is -0.459 e. The molecule has 0 aromatic carbocycles. The smallest absolute Gasteiger partial charge is 0.320 e. The van der Waals surface area contributed by atoms with Crippen molar-refractivity contribution in [3.8, 4) is 0 Å². The van der Waals surface area contributed by atoms with Crippen molar-refractivity contribution >= 4 is 5.97 Å². The largest absolute Gasteiger partial charge is 0.459 e. The molecule has 0 fully saturated rings. The summed E-state index contributed by atoms with van der Waals surface area (Å²) in [5.41, 5.74) is -0.447. The first-order chi connectivity index (χ1) is 7.34. The van der Waals surface area contributed by atoms with Crippen LogP contribution in [-0.2, 0) is 9.53 Å². The molecule has 16 heavy (non-hydrogen) atoms. The van der Waals surface area contributed by atoms with Gasteiger partial charge in [-0.05, 0) is 33.7 Å². The molecule has 0 aliphatic rings. The van der Waals surface area contributed by atoms with Gasteiger partial charge < -0.3 is 9.84 Å². The standard InChI is InChI=1S/C12H25NO3/c1-6-10(9-14)13(7-2)8-11(15)16-12(3,4)5/h10,14H,6-9H2,1-5H3. The van der Waals surface area contributed by atoms with E-state index in [4.69, 9.17) is 4.74 Å². The molecule has 96 valence electrons. The Balaban J connectivity index is 4.26. The van der Waals surface area contributed by atoms with E-state index in [-0.39, 0.29) is 25.2 Å². The predicted molar refractivity (Wildman–Crippen MR) is 64.3 cm³/mol. The van der Waals surface area contributed by atoms with Crippen molar-refractivity contribution in [3.05, 3.63) is 0 Å². The highest BCUT2D eigenvalue weighted by Gasteiger charge is 2.21. The van der Waals surface area contributed by atoms with Crippen LogP contribution in [0.15, 0.2) is 0 Å². The Labute approximate surface area is 98.6 Å². The van der Waals surface area contributed by atoms with Gasteiger partial charge in [-0.25, -0.2) is 0 Å². The van der Waals surface area contributed by atoms with Crippen molar-refractivity contribution in [2.24, 2.45) is 0 Å². The molecule has 0 amide bonds. The lowest BCUT2D eigenvalue weighted by molar-refractivity contribution is -0.156. The summed E-state index contributed by atoms with van der Waals surface area (Å²) in [5, 5.41) is 9.18. The van der Waals surface area contributed by atoms with E-state index >= 15 is 0 Å². The fourth-order valence-electron chi connectivity index (χ4n) is 1.54. The topological polar surface area (TPSA) is 49.8 Å². The van der Waals surface area contributed by atoms with E-state index in [1.165, 1.54) is 0 Å². The van der Waals surface area contributed by atoms with Crippen LogP contribution in [0.4, 0.5) is 0 Å². The lowest BCUT2D eigenvalue weighted by Crippen LogP contribution is -2.42. The number of likely N-dealkylation sites (N-methyl/N-ethyl adjacent to an activating group) is 1. The van der Waals surface area contributed by atoms with E-state index < -0.39 is 5.60 Å². The summed E-state index contributed by atoms with van der Waals surface area (Å²) in [7, 11) is 0. The maximum atomic E-state index is 11.6. The number of ether oxygens (including phenoxy) is 1. The van der Waals surface area contributed by atoms with E-state index in [0.29, 0.717) is 0 Å². The lowest BCUT2D eigenvalue weighted by Gasteiger charge is -2.29. The third kappa shape index (κ3) is 6.08. The Morgan fingerprint density at radius 3 is 2.25 bits per heavy atom. The van der Waals surface area contributed by atoms with Gasteiger partial charge in [0.25, 0.3) is 0 Å². The van der Waals surface area contributed by atoms with Gasteiger partial charge in [0.1, 0.15) is 5.60 Å². The molecule has 0 bridgehead atoms. The minimum absolute atomic E-state index is 0.0394. The summed E-state index contributed by atoms with van der Waals surface area (Å²) in [4.78, 5) is 13.6. The first-order valence-corrected chi connectivity index (χ1v) is 5.90. The maximum Gasteiger partial charge on any atom is 0.320 e. The number of rotatable bonds is 6. The normalized spacial score (nSPS) is 13.9. The van der Waals surface area contributed by atoms with Crippen LogP contribution in [-0.4, -0.2) is 47.3 Å². The molecule has 1 unspecified atom stereocenters. The van der Waals surface area contributed by atoms with Gasteiger partial charge in [0.2, 0.25) is 0 Å². The van der Waals surface area contributed by atoms with Crippen LogP contribution in [0.5, 0.6) is 0 Å². The molecule has 0 aromatic rings. The third-order valence-corrected chi connectivity index (χ3v) is 2.36. The van der Waals surface area contributed by atoms with Gasteiger partial charge in [-0.1, -0.05) is 13.8 Å². The molecule has 0 saturated carbocycles. The van der Waals surface area contributed by atoms with Gasteiger partial charge in [0.05, 0.1) is 13.2 Å². The number of carbonyl (C=O) groups is 1. The number of aliphatic hydroxyl groups excluding tert-OH is 1. The summed E-state index contributed by atoms with van der Waals surface area (Å²) < 4.78 is 5.25. The summed E-state index contributed by atoms with van der Waals surface area (Å²) >= 11 is 0. The number of aliphatic hydroxyl groups is 1. The fourth-order valence-corrected chi connectivity index (χ4v) is 1.54. The molecule has 0 spiro atoms. The highest BCUT2D eigenvalue weighted by molar-refractivity contribution is 5.72. The van der Waals surface area contributed by atoms with Crippen LogP contribution in [0.1, 0.15) is 41.0 Å². The van der Waals surface area contributed by atoms with Crippen LogP contribution >= 0.6 is 0 Å². The fraction of sp³-hybridized carbons (Fsp3) is 0.917. The van der Waals surface area contributed by atoms with E-state index in [1.807, 2.05) is 39.5 Å². The second-order valence-corrected chi connectivity index (χ2v) is 4.89. The maximum absolute atomic E-state index is 11.6. The Hall–Kier alpha value is -0.610. The van der Waals surface area contributed by atoms with E-state index in [9.17, 15) is 9.90 Å². The van der Waals surface area contributed by atoms with Crippen LogP contribution in [0, 0.1) is 0 Å². The summed E-state index contributed by atoms with van der Waals surface area (Å²) in [6.45, 7) is 10.6. The van der Waals surface area contributed by atoms with Gasteiger partial charge in [0.15, 0.2) is 0 Å². The first kappa shape index (κ1) is 15.4. The second kappa shape index (κ2) is 6.86. The Morgan fingerprint density at radius 1 is 1.38 bits per heavy atom. The molecule has 0 saturated heterocycles. The molecule has 0 aliphatic carbocycles. The molecule has 1 atom stereocenters. The summed E-state index contributed by atoms with van der Waals surface area (Å²) in [5.74, 6) is -0.235. The predicted octanol–water partition coefficient (Wildman–Crippen LogP) is 1.42. The number of esters is 1. The number of hydrogen-bond donors (Lipinski definition) is 1. The highest BCUT2D eigenvalue weighted by Crippen LogP contribution is 2.09. The number of nitrogens with zero attached hydrogens (tertiary/aromatic N) is 1. The Kier molecular flexibility index (Phi) is 6.60. The van der Waals surface area contributed by atoms with Crippen molar-refractivity contribution < 1.29 is 14.6 Å². The van der Waals surface area contributed by atoms with Gasteiger partial charge in [-0.15, -0.1) is 0 Å². The number of hydrogen-bond acceptors (Lipinski definition) is 4. The molecule has 0 aliphatic heterocycles. The molecule has 0 rings (SSSR count). The van der Waals surface area contributed by atoms with E-state index in [2.05, 4.69) is 0 Å². The van der Waals surface area contributed by atoms with Crippen molar-refractivity contribution in [1.82, 2.24) is 4.90 Å². The molecule has 0 heterocycles. The van der Waals surface area contributed by atoms with E-state index in [0.717, 1.165) is 13.0 Å². The van der Waals surface area contributed by atoms with Gasteiger partial charge in [-0.2, -0.15) is 0 Å². The van der Waals surface area contributed by atoms with Crippen LogP contribution in [0.25, 0.3) is 0 Å². The van der Waals surface area contributed by atoms with Gasteiger partial charge >= 0.3 is 5.97 Å². The number of carbonyl (C=O) groups excluding carboxylic acids is 1. The molecule has 0 radical (unpaired) electrons. The van der Waals surface area contributed by atoms with Crippen molar-refractivity contribution in [2.45, 2.75) is 52.7 Å². The average Bonchev–Trinajstić information content (AvgIpc) is 2.15. The van der Waals surface area contributed by atoms with Crippen LogP contribution in [0.3, 0.4) is 0 Å². The van der Waals surface area contributed by atoms with Crippen molar-refractivity contribution in [2.75, 3.05) is 19.7 Å². The summed E-state index contributed by atoms with van der Waals surface area (Å²) in [6, 6.07) is 0.0394. The van der Waals surface area contributed by atoms with Gasteiger partial charge in [-0.3, -0.25) is 9.69 Å². The molecule has 1 N–H and O–H groups in total. The molecule has 4 nitrogen and oxygen atoms in total. The van der Waals surface area contributed by atoms with Crippen molar-refractivity contribution in [3.63, 3.8) is 0 Å². The third-order valence-electron chi connectivity index (χ3n) is 2.36. The summed E-state index contributed by atoms with van der Waals surface area (Å²) in [6.07, 6.45) is 0.827. The van der Waals surface area contributed by atoms with E-state index in [1.54, 1.807) is 0 Å². The quantitative estimate of drug-likeness (QED) is 0.702. The monoisotopic (exact) mass is 231 g/mol. The minimum atomic E-state index is -0.447. The lowest BCUT2D eigenvalue weighted by atomic mass is 10.2. The van der Waals surface area contributed by atoms with Crippen LogP contribution in [0.2, 0.25) is 0 Å². The molecular weight excluding hydrogens is 206 g/mol.